The highest BCUT2D eigenvalue weighted by Crippen LogP contribution is 2.02. The maximum absolute atomic E-state index is 11.8. The Kier molecular flexibility index (Phi) is 4.45. The summed E-state index contributed by atoms with van der Waals surface area (Å²) in [7, 11) is 2.00. The van der Waals surface area contributed by atoms with E-state index in [9.17, 15) is 9.59 Å². The number of hydrogen-bond donors (Lipinski definition) is 2. The lowest BCUT2D eigenvalue weighted by molar-refractivity contribution is -0.129. The van der Waals surface area contributed by atoms with E-state index in [1.54, 1.807) is 4.90 Å². The lowest BCUT2D eigenvalue weighted by atomic mass is 10.2. The molecule has 1 aliphatic heterocycles. The first-order chi connectivity index (χ1) is 7.54. The number of amides is 1. The van der Waals surface area contributed by atoms with Gasteiger partial charge in [-0.2, -0.15) is 0 Å². The molecule has 0 aromatic heterocycles. The van der Waals surface area contributed by atoms with Gasteiger partial charge in [0, 0.05) is 32.3 Å². The minimum absolute atomic E-state index is 0.0278. The van der Waals surface area contributed by atoms with E-state index in [4.69, 9.17) is 11.5 Å². The van der Waals surface area contributed by atoms with Crippen molar-refractivity contribution < 1.29 is 9.59 Å². The fourth-order valence-corrected chi connectivity index (χ4v) is 1.49. The third-order valence-electron chi connectivity index (χ3n) is 2.56. The second-order valence-electron chi connectivity index (χ2n) is 3.87. The second kappa shape index (κ2) is 5.62. The van der Waals surface area contributed by atoms with Crippen molar-refractivity contribution in [2.24, 2.45) is 11.5 Å². The van der Waals surface area contributed by atoms with E-state index in [-0.39, 0.29) is 23.9 Å². The number of hydrogen-bond acceptors (Lipinski definition) is 5. The van der Waals surface area contributed by atoms with Crippen LogP contribution in [-0.4, -0.2) is 61.3 Å². The number of piperazine rings is 1. The van der Waals surface area contributed by atoms with Gasteiger partial charge in [0.15, 0.2) is 5.78 Å². The molecule has 1 amide bonds. The monoisotopic (exact) mass is 226 g/mol. The Hall–Kier alpha value is -1.40. The smallest absolute Gasteiger partial charge is 0.269 e. The summed E-state index contributed by atoms with van der Waals surface area (Å²) in [6.45, 7) is 2.80. The Labute approximate surface area is 94.9 Å². The van der Waals surface area contributed by atoms with E-state index in [2.05, 4.69) is 4.90 Å². The Bertz CT molecular complexity index is 306. The fraction of sp³-hybridized carbons (Fsp3) is 0.600. The molecule has 4 N–H and O–H groups in total. The van der Waals surface area contributed by atoms with Gasteiger partial charge < -0.3 is 21.3 Å². The maximum atomic E-state index is 11.8. The predicted molar refractivity (Wildman–Crippen MR) is 60.4 cm³/mol. The molecule has 0 aliphatic carbocycles. The zero-order valence-electron chi connectivity index (χ0n) is 9.48. The summed E-state index contributed by atoms with van der Waals surface area (Å²) in [5.74, 6) is -0.616. The molecule has 0 saturated carbocycles. The molecule has 0 atom stereocenters. The normalized spacial score (nSPS) is 18.6. The first-order valence-electron chi connectivity index (χ1n) is 5.22. The molecule has 0 bridgehead atoms. The number of nitrogens with two attached hydrogens (primary N) is 2. The third kappa shape index (κ3) is 3.32. The van der Waals surface area contributed by atoms with E-state index < -0.39 is 0 Å². The van der Waals surface area contributed by atoms with Crippen molar-refractivity contribution in [2.45, 2.75) is 0 Å². The summed E-state index contributed by atoms with van der Waals surface area (Å²) < 4.78 is 0. The molecule has 90 valence electrons. The Morgan fingerprint density at radius 3 is 2.31 bits per heavy atom. The van der Waals surface area contributed by atoms with Gasteiger partial charge >= 0.3 is 0 Å². The van der Waals surface area contributed by atoms with Crippen LogP contribution < -0.4 is 11.5 Å². The van der Waals surface area contributed by atoms with Crippen molar-refractivity contribution in [3.05, 3.63) is 11.8 Å². The minimum atomic E-state index is -0.333. The van der Waals surface area contributed by atoms with Crippen LogP contribution in [0.4, 0.5) is 0 Å². The molecule has 1 fully saturated rings. The average Bonchev–Trinajstić information content (AvgIpc) is 2.28. The average molecular weight is 226 g/mol. The van der Waals surface area contributed by atoms with Crippen molar-refractivity contribution in [2.75, 3.05) is 39.8 Å². The van der Waals surface area contributed by atoms with Crippen LogP contribution in [0.5, 0.6) is 0 Å². The van der Waals surface area contributed by atoms with E-state index >= 15 is 0 Å². The van der Waals surface area contributed by atoms with E-state index in [0.29, 0.717) is 13.1 Å². The van der Waals surface area contributed by atoms with Gasteiger partial charge in [0.05, 0.1) is 6.54 Å². The SMILES string of the molecule is CN1CCN(C(=O)/C(N)=C/C(=O)CN)CC1. The Morgan fingerprint density at radius 2 is 1.81 bits per heavy atom. The summed E-state index contributed by atoms with van der Waals surface area (Å²) in [6.07, 6.45) is 1.11. The highest BCUT2D eigenvalue weighted by atomic mass is 16.2. The van der Waals surface area contributed by atoms with Crippen LogP contribution in [0.15, 0.2) is 11.8 Å². The summed E-state index contributed by atoms with van der Waals surface area (Å²) in [6, 6.07) is 0. The molecule has 0 aromatic rings. The molecule has 1 saturated heterocycles. The first-order valence-corrected chi connectivity index (χ1v) is 5.22. The van der Waals surface area contributed by atoms with Gasteiger partial charge in [-0.05, 0) is 7.05 Å². The van der Waals surface area contributed by atoms with Crippen LogP contribution in [-0.2, 0) is 9.59 Å². The number of likely N-dealkylation sites (N-methyl/N-ethyl adjacent to an activating group) is 1. The number of rotatable bonds is 3. The highest BCUT2D eigenvalue weighted by Gasteiger charge is 2.20. The summed E-state index contributed by atoms with van der Waals surface area (Å²) in [5.41, 5.74) is 10.6. The molecule has 0 unspecified atom stereocenters. The van der Waals surface area contributed by atoms with Crippen LogP contribution in [0.3, 0.4) is 0 Å². The number of carbonyl (C=O) groups is 2. The van der Waals surface area contributed by atoms with Gasteiger partial charge in [-0.3, -0.25) is 9.59 Å². The van der Waals surface area contributed by atoms with Crippen LogP contribution in [0.25, 0.3) is 0 Å². The molecule has 6 nitrogen and oxygen atoms in total. The quantitative estimate of drug-likeness (QED) is 0.550. The number of ketones is 1. The fourth-order valence-electron chi connectivity index (χ4n) is 1.49. The molecule has 0 aromatic carbocycles. The number of nitrogens with zero attached hydrogens (tertiary/aromatic N) is 2. The molecule has 16 heavy (non-hydrogen) atoms. The topological polar surface area (TPSA) is 92.7 Å². The van der Waals surface area contributed by atoms with Crippen molar-refractivity contribution >= 4 is 11.7 Å². The molecule has 6 heteroatoms. The lowest BCUT2D eigenvalue weighted by Crippen LogP contribution is -2.48. The van der Waals surface area contributed by atoms with Gasteiger partial charge in [0.25, 0.3) is 5.91 Å². The standard InChI is InChI=1S/C10H18N4O2/c1-13-2-4-14(5-3-13)10(16)9(12)6-8(15)7-11/h6H,2-5,7,11-12H2,1H3/b9-6-. The molecular formula is C10H18N4O2. The van der Waals surface area contributed by atoms with Gasteiger partial charge in [-0.25, -0.2) is 0 Å². The second-order valence-corrected chi connectivity index (χ2v) is 3.87. The van der Waals surface area contributed by atoms with Crippen LogP contribution in [0, 0.1) is 0 Å². The van der Waals surface area contributed by atoms with Crippen LogP contribution >= 0.6 is 0 Å². The summed E-state index contributed by atoms with van der Waals surface area (Å²) in [4.78, 5) is 26.6. The molecule has 1 aliphatic rings. The molecular weight excluding hydrogens is 208 g/mol. The zero-order chi connectivity index (χ0) is 12.1. The van der Waals surface area contributed by atoms with E-state index in [1.807, 2.05) is 7.05 Å². The molecule has 1 heterocycles. The van der Waals surface area contributed by atoms with Crippen LogP contribution in [0.1, 0.15) is 0 Å². The third-order valence-corrected chi connectivity index (χ3v) is 2.56. The summed E-state index contributed by atoms with van der Waals surface area (Å²) >= 11 is 0. The maximum Gasteiger partial charge on any atom is 0.269 e. The molecule has 0 spiro atoms. The predicted octanol–water partition coefficient (Wildman–Crippen LogP) is -1.87. The van der Waals surface area contributed by atoms with Gasteiger partial charge in [-0.15, -0.1) is 0 Å². The first kappa shape index (κ1) is 12.7. The van der Waals surface area contributed by atoms with Gasteiger partial charge in [0.2, 0.25) is 0 Å². The van der Waals surface area contributed by atoms with Crippen LogP contribution in [0.2, 0.25) is 0 Å². The minimum Gasteiger partial charge on any atom is -0.394 e. The molecule has 0 radical (unpaired) electrons. The Morgan fingerprint density at radius 1 is 1.25 bits per heavy atom. The van der Waals surface area contributed by atoms with E-state index in [1.165, 1.54) is 0 Å². The van der Waals surface area contributed by atoms with Crippen molar-refractivity contribution in [3.8, 4) is 0 Å². The van der Waals surface area contributed by atoms with E-state index in [0.717, 1.165) is 19.2 Å². The lowest BCUT2D eigenvalue weighted by Gasteiger charge is -2.32. The van der Waals surface area contributed by atoms with Gasteiger partial charge in [-0.1, -0.05) is 0 Å². The van der Waals surface area contributed by atoms with Crippen molar-refractivity contribution in [1.82, 2.24) is 9.80 Å². The Balaban J connectivity index is 2.57. The zero-order valence-corrected chi connectivity index (χ0v) is 9.48. The van der Waals surface area contributed by atoms with Crippen molar-refractivity contribution in [1.29, 1.82) is 0 Å². The number of carbonyl (C=O) groups excluding carboxylic acids is 2. The van der Waals surface area contributed by atoms with Crippen molar-refractivity contribution in [3.63, 3.8) is 0 Å². The largest absolute Gasteiger partial charge is 0.394 e. The highest BCUT2D eigenvalue weighted by molar-refractivity contribution is 6.01. The molecule has 1 rings (SSSR count). The summed E-state index contributed by atoms with van der Waals surface area (Å²) in [5, 5.41) is 0. The van der Waals surface area contributed by atoms with Gasteiger partial charge in [0.1, 0.15) is 5.70 Å².